The van der Waals surface area contributed by atoms with Gasteiger partial charge in [-0.15, -0.1) is 13.2 Å². The summed E-state index contributed by atoms with van der Waals surface area (Å²) < 4.78 is 0. The molecule has 1 rings (SSSR count). The minimum Gasteiger partial charge on any atom is -0.310 e. The lowest BCUT2D eigenvalue weighted by molar-refractivity contribution is 0.411. The first-order valence-corrected chi connectivity index (χ1v) is 4.50. The average Bonchev–Trinajstić information content (AvgIpc) is 2.09. The number of hydrogen-bond donors (Lipinski definition) is 1. The molecule has 1 N–H and O–H groups in total. The van der Waals surface area contributed by atoms with Crippen LogP contribution in [0.3, 0.4) is 0 Å². The fourth-order valence-corrected chi connectivity index (χ4v) is 1.62. The van der Waals surface area contributed by atoms with Gasteiger partial charge < -0.3 is 5.32 Å². The topological polar surface area (TPSA) is 12.0 Å². The largest absolute Gasteiger partial charge is 0.310 e. The lowest BCUT2D eigenvalue weighted by Crippen LogP contribution is -2.37. The fourth-order valence-electron chi connectivity index (χ4n) is 1.62. The van der Waals surface area contributed by atoms with E-state index < -0.39 is 0 Å². The highest BCUT2D eigenvalue weighted by Crippen LogP contribution is 2.17. The highest BCUT2D eigenvalue weighted by molar-refractivity contribution is 5.04. The molecule has 2 atom stereocenters. The summed E-state index contributed by atoms with van der Waals surface area (Å²) in [5, 5.41) is 3.45. The molecule has 1 nitrogen and oxygen atoms in total. The van der Waals surface area contributed by atoms with E-state index in [1.807, 2.05) is 12.2 Å². The summed E-state index contributed by atoms with van der Waals surface area (Å²) in [7, 11) is 0. The molecule has 0 radical (unpaired) electrons. The molecule has 0 aliphatic carbocycles. The van der Waals surface area contributed by atoms with Crippen LogP contribution in [-0.2, 0) is 0 Å². The van der Waals surface area contributed by atoms with Crippen LogP contribution in [0.1, 0.15) is 12.8 Å². The molecule has 1 aliphatic rings. The van der Waals surface area contributed by atoms with Crippen LogP contribution in [0, 0.1) is 5.92 Å². The molecular weight excluding hydrogens is 146 g/mol. The molecule has 0 aromatic heterocycles. The van der Waals surface area contributed by atoms with Crippen molar-refractivity contribution in [2.24, 2.45) is 5.92 Å². The zero-order chi connectivity index (χ0) is 8.81. The Morgan fingerprint density at radius 1 is 1.33 bits per heavy atom. The molecule has 2 unspecified atom stereocenters. The van der Waals surface area contributed by atoms with Gasteiger partial charge in [0.1, 0.15) is 0 Å². The SMILES string of the molecule is C=CCC1C=CCNC1CC=C. The maximum Gasteiger partial charge on any atom is 0.0170 e. The van der Waals surface area contributed by atoms with Crippen molar-refractivity contribution in [3.8, 4) is 0 Å². The van der Waals surface area contributed by atoms with E-state index in [-0.39, 0.29) is 0 Å². The Hall–Kier alpha value is -0.820. The molecule has 0 spiro atoms. The molecule has 0 amide bonds. The third-order valence-electron chi connectivity index (χ3n) is 2.26. The van der Waals surface area contributed by atoms with E-state index in [2.05, 4.69) is 30.6 Å². The molecule has 0 saturated heterocycles. The Kier molecular flexibility index (Phi) is 3.81. The van der Waals surface area contributed by atoms with Gasteiger partial charge in [0.2, 0.25) is 0 Å². The van der Waals surface area contributed by atoms with Gasteiger partial charge in [0.15, 0.2) is 0 Å². The average molecular weight is 163 g/mol. The zero-order valence-corrected chi connectivity index (χ0v) is 7.50. The molecule has 1 aliphatic heterocycles. The van der Waals surface area contributed by atoms with Gasteiger partial charge in [-0.05, 0) is 18.8 Å². The lowest BCUT2D eigenvalue weighted by atomic mass is 9.91. The van der Waals surface area contributed by atoms with E-state index in [0.717, 1.165) is 19.4 Å². The second-order valence-corrected chi connectivity index (χ2v) is 3.16. The second-order valence-electron chi connectivity index (χ2n) is 3.16. The maximum absolute atomic E-state index is 3.76. The van der Waals surface area contributed by atoms with Crippen molar-refractivity contribution in [1.29, 1.82) is 0 Å². The van der Waals surface area contributed by atoms with E-state index in [4.69, 9.17) is 0 Å². The van der Waals surface area contributed by atoms with E-state index >= 15 is 0 Å². The predicted octanol–water partition coefficient (Wildman–Crippen LogP) is 2.28. The van der Waals surface area contributed by atoms with Gasteiger partial charge in [0.05, 0.1) is 0 Å². The van der Waals surface area contributed by atoms with E-state index in [9.17, 15) is 0 Å². The third kappa shape index (κ3) is 2.35. The first-order chi connectivity index (χ1) is 5.88. The standard InChI is InChI=1S/C11H17N/c1-3-6-10-8-5-9-12-11(10)7-4-2/h3-5,8,10-12H,1-2,6-7,9H2. The van der Waals surface area contributed by atoms with Crippen molar-refractivity contribution in [1.82, 2.24) is 5.32 Å². The van der Waals surface area contributed by atoms with Gasteiger partial charge in [0.25, 0.3) is 0 Å². The van der Waals surface area contributed by atoms with E-state index in [1.165, 1.54) is 0 Å². The van der Waals surface area contributed by atoms with Crippen LogP contribution in [-0.4, -0.2) is 12.6 Å². The van der Waals surface area contributed by atoms with Crippen molar-refractivity contribution >= 4 is 0 Å². The van der Waals surface area contributed by atoms with Crippen LogP contribution >= 0.6 is 0 Å². The highest BCUT2D eigenvalue weighted by Gasteiger charge is 2.17. The number of nitrogens with one attached hydrogen (secondary N) is 1. The summed E-state index contributed by atoms with van der Waals surface area (Å²) in [5.41, 5.74) is 0. The molecule has 0 aromatic rings. The van der Waals surface area contributed by atoms with Crippen molar-refractivity contribution in [3.05, 3.63) is 37.5 Å². The monoisotopic (exact) mass is 163 g/mol. The van der Waals surface area contributed by atoms with Gasteiger partial charge in [0, 0.05) is 12.6 Å². The van der Waals surface area contributed by atoms with Crippen molar-refractivity contribution in [3.63, 3.8) is 0 Å². The van der Waals surface area contributed by atoms with Crippen LogP contribution < -0.4 is 5.32 Å². The molecular formula is C11H17N. The van der Waals surface area contributed by atoms with Crippen LogP contribution in [0.2, 0.25) is 0 Å². The number of hydrogen-bond acceptors (Lipinski definition) is 1. The molecule has 1 heterocycles. The summed E-state index contributed by atoms with van der Waals surface area (Å²) >= 11 is 0. The number of rotatable bonds is 4. The summed E-state index contributed by atoms with van der Waals surface area (Å²) in [6.45, 7) is 8.51. The van der Waals surface area contributed by atoms with Crippen LogP contribution in [0.15, 0.2) is 37.5 Å². The Labute approximate surface area is 74.9 Å². The van der Waals surface area contributed by atoms with Crippen molar-refractivity contribution in [2.75, 3.05) is 6.54 Å². The summed E-state index contributed by atoms with van der Waals surface area (Å²) in [6.07, 6.45) is 10.5. The van der Waals surface area contributed by atoms with E-state index in [1.54, 1.807) is 0 Å². The minimum absolute atomic E-state index is 0.561. The van der Waals surface area contributed by atoms with Crippen LogP contribution in [0.25, 0.3) is 0 Å². The maximum atomic E-state index is 3.76. The molecule has 12 heavy (non-hydrogen) atoms. The molecule has 0 aromatic carbocycles. The zero-order valence-electron chi connectivity index (χ0n) is 7.50. The van der Waals surface area contributed by atoms with Gasteiger partial charge in [-0.25, -0.2) is 0 Å². The first kappa shape index (κ1) is 9.27. The molecule has 0 saturated carbocycles. The number of allylic oxidation sites excluding steroid dienone is 1. The van der Waals surface area contributed by atoms with Gasteiger partial charge in [-0.3, -0.25) is 0 Å². The van der Waals surface area contributed by atoms with Gasteiger partial charge >= 0.3 is 0 Å². The second kappa shape index (κ2) is 4.94. The lowest BCUT2D eigenvalue weighted by Gasteiger charge is -2.27. The summed E-state index contributed by atoms with van der Waals surface area (Å²) in [4.78, 5) is 0. The summed E-state index contributed by atoms with van der Waals surface area (Å²) in [6, 6.07) is 0.561. The third-order valence-corrected chi connectivity index (χ3v) is 2.26. The Balaban J connectivity index is 2.51. The van der Waals surface area contributed by atoms with Gasteiger partial charge in [-0.1, -0.05) is 24.3 Å². The minimum atomic E-state index is 0.561. The fraction of sp³-hybridized carbons (Fsp3) is 0.455. The predicted molar refractivity (Wildman–Crippen MR) is 54.0 cm³/mol. The first-order valence-electron chi connectivity index (χ1n) is 4.50. The Morgan fingerprint density at radius 3 is 2.75 bits per heavy atom. The Morgan fingerprint density at radius 2 is 2.08 bits per heavy atom. The van der Waals surface area contributed by atoms with Crippen molar-refractivity contribution in [2.45, 2.75) is 18.9 Å². The molecule has 0 fully saturated rings. The molecule has 1 heteroatoms. The van der Waals surface area contributed by atoms with E-state index in [0.29, 0.717) is 12.0 Å². The summed E-state index contributed by atoms with van der Waals surface area (Å²) in [5.74, 6) is 0.606. The van der Waals surface area contributed by atoms with Crippen LogP contribution in [0.4, 0.5) is 0 Å². The molecule has 66 valence electrons. The van der Waals surface area contributed by atoms with Gasteiger partial charge in [-0.2, -0.15) is 0 Å². The smallest absolute Gasteiger partial charge is 0.0170 e. The normalized spacial score (nSPS) is 28.3. The van der Waals surface area contributed by atoms with Crippen LogP contribution in [0.5, 0.6) is 0 Å². The Bertz CT molecular complexity index is 181. The molecule has 0 bridgehead atoms. The quantitative estimate of drug-likeness (QED) is 0.627. The van der Waals surface area contributed by atoms with Crippen molar-refractivity contribution < 1.29 is 0 Å². The highest BCUT2D eigenvalue weighted by atomic mass is 14.9.